The van der Waals surface area contributed by atoms with E-state index >= 15 is 0 Å². The molecule has 1 aromatic heterocycles. The fraction of sp³-hybridized carbons (Fsp3) is 0.474. The van der Waals surface area contributed by atoms with Crippen LogP contribution in [-0.4, -0.2) is 47.3 Å². The van der Waals surface area contributed by atoms with Crippen LogP contribution < -0.4 is 10.2 Å². The number of rotatable bonds is 6. The van der Waals surface area contributed by atoms with Crippen molar-refractivity contribution >= 4 is 11.7 Å². The summed E-state index contributed by atoms with van der Waals surface area (Å²) in [5.74, 6) is 1.27. The predicted molar refractivity (Wildman–Crippen MR) is 99.4 cm³/mol. The van der Waals surface area contributed by atoms with E-state index in [9.17, 15) is 4.79 Å². The van der Waals surface area contributed by atoms with Crippen LogP contribution >= 0.6 is 0 Å². The average Bonchev–Trinajstić information content (AvgIpc) is 3.06. The van der Waals surface area contributed by atoms with Gasteiger partial charge in [-0.15, -0.1) is 0 Å². The first-order valence-corrected chi connectivity index (χ1v) is 8.73. The molecule has 0 bridgehead atoms. The Morgan fingerprint density at radius 3 is 2.68 bits per heavy atom. The number of amides is 1. The molecule has 2 heterocycles. The number of carbonyl (C=O) groups excluding carboxylic acids is 1. The van der Waals surface area contributed by atoms with Crippen molar-refractivity contribution in [2.45, 2.75) is 32.5 Å². The van der Waals surface area contributed by atoms with E-state index in [1.54, 1.807) is 0 Å². The minimum Gasteiger partial charge on any atom is -0.363 e. The molecule has 25 heavy (non-hydrogen) atoms. The summed E-state index contributed by atoms with van der Waals surface area (Å²) in [6, 6.07) is 10.0. The van der Waals surface area contributed by atoms with Crippen molar-refractivity contribution in [3.05, 3.63) is 47.2 Å². The summed E-state index contributed by atoms with van der Waals surface area (Å²) in [5, 5.41) is 7.95. The summed E-state index contributed by atoms with van der Waals surface area (Å²) < 4.78 is 1.89. The molecule has 1 aliphatic heterocycles. The number of nitrogens with one attached hydrogen (secondary N) is 1. The fourth-order valence-electron chi connectivity index (χ4n) is 3.57. The summed E-state index contributed by atoms with van der Waals surface area (Å²) in [4.78, 5) is 16.7. The van der Waals surface area contributed by atoms with E-state index in [-0.39, 0.29) is 11.9 Å². The quantitative estimate of drug-likeness (QED) is 0.869. The maximum atomic E-state index is 12.7. The Bertz CT molecular complexity index is 738. The van der Waals surface area contributed by atoms with E-state index in [0.29, 0.717) is 13.1 Å². The second-order valence-corrected chi connectivity index (χ2v) is 6.87. The van der Waals surface area contributed by atoms with Gasteiger partial charge in [-0.25, -0.2) is 0 Å². The van der Waals surface area contributed by atoms with Gasteiger partial charge in [0.1, 0.15) is 5.82 Å². The molecule has 1 aliphatic rings. The molecular weight excluding hydrogens is 314 g/mol. The highest BCUT2D eigenvalue weighted by Crippen LogP contribution is 2.22. The van der Waals surface area contributed by atoms with Crippen molar-refractivity contribution in [3.63, 3.8) is 0 Å². The van der Waals surface area contributed by atoms with Gasteiger partial charge in [-0.2, -0.15) is 5.10 Å². The molecule has 1 N–H and O–H groups in total. The minimum absolute atomic E-state index is 0.113. The first kappa shape index (κ1) is 17.5. The minimum atomic E-state index is -0.113. The molecule has 1 amide bonds. The Hall–Kier alpha value is -2.34. The zero-order valence-electron chi connectivity index (χ0n) is 15.5. The smallest absolute Gasteiger partial charge is 0.240 e. The Balaban J connectivity index is 1.63. The maximum absolute atomic E-state index is 12.7. The van der Waals surface area contributed by atoms with Crippen molar-refractivity contribution in [2.75, 3.05) is 25.5 Å². The van der Waals surface area contributed by atoms with Crippen LogP contribution in [0.4, 0.5) is 5.82 Å². The third kappa shape index (κ3) is 3.69. The van der Waals surface area contributed by atoms with Crippen LogP contribution in [-0.2, 0) is 24.9 Å². The highest BCUT2D eigenvalue weighted by molar-refractivity contribution is 5.84. The Kier molecular flexibility index (Phi) is 5.08. The van der Waals surface area contributed by atoms with Crippen molar-refractivity contribution in [3.8, 4) is 0 Å². The average molecular weight is 341 g/mol. The highest BCUT2D eigenvalue weighted by Gasteiger charge is 2.31. The molecule has 1 atom stereocenters. The number of carbonyl (C=O) groups is 1. The van der Waals surface area contributed by atoms with Crippen LogP contribution in [0.3, 0.4) is 0 Å². The normalized spacial score (nSPS) is 17.4. The predicted octanol–water partition coefficient (Wildman–Crippen LogP) is 1.69. The summed E-state index contributed by atoms with van der Waals surface area (Å²) >= 11 is 0. The first-order valence-electron chi connectivity index (χ1n) is 8.73. The van der Waals surface area contributed by atoms with Crippen molar-refractivity contribution < 1.29 is 4.79 Å². The lowest BCUT2D eigenvalue weighted by Crippen LogP contribution is -2.38. The number of hydrogen-bond donors (Lipinski definition) is 1. The Morgan fingerprint density at radius 1 is 1.28 bits per heavy atom. The second kappa shape index (κ2) is 7.27. The van der Waals surface area contributed by atoms with Crippen molar-refractivity contribution in [2.24, 2.45) is 7.05 Å². The van der Waals surface area contributed by atoms with Gasteiger partial charge < -0.3 is 15.1 Å². The number of nitrogens with zero attached hydrogens (tertiary/aromatic N) is 4. The Labute approximate surface area is 149 Å². The molecule has 1 fully saturated rings. The number of benzene rings is 1. The molecule has 6 heteroatoms. The van der Waals surface area contributed by atoms with Gasteiger partial charge in [0.2, 0.25) is 5.91 Å². The lowest BCUT2D eigenvalue weighted by atomic mass is 10.2. The van der Waals surface area contributed by atoms with Gasteiger partial charge >= 0.3 is 0 Å². The molecule has 134 valence electrons. The van der Waals surface area contributed by atoms with Gasteiger partial charge in [-0.3, -0.25) is 9.48 Å². The highest BCUT2D eigenvalue weighted by atomic mass is 16.2. The monoisotopic (exact) mass is 341 g/mol. The van der Waals surface area contributed by atoms with E-state index in [0.717, 1.165) is 30.0 Å². The molecule has 1 aromatic carbocycles. The Morgan fingerprint density at radius 2 is 2.00 bits per heavy atom. The zero-order chi connectivity index (χ0) is 18.0. The van der Waals surface area contributed by atoms with E-state index in [1.165, 1.54) is 5.56 Å². The van der Waals surface area contributed by atoms with Crippen molar-refractivity contribution in [1.82, 2.24) is 20.0 Å². The summed E-state index contributed by atoms with van der Waals surface area (Å²) in [6.07, 6.45) is 0.849. The molecule has 1 saturated heterocycles. The third-order valence-corrected chi connectivity index (χ3v) is 4.78. The molecule has 0 radical (unpaired) electrons. The van der Waals surface area contributed by atoms with Crippen LogP contribution in [0.15, 0.2) is 30.3 Å². The molecular formula is C19H27N5O. The van der Waals surface area contributed by atoms with Gasteiger partial charge in [0, 0.05) is 46.3 Å². The number of anilines is 1. The lowest BCUT2D eigenvalue weighted by Gasteiger charge is -2.18. The molecule has 0 saturated carbocycles. The standard InChI is InChI=1S/C19H27N5O/c1-14-16(18(22(2)3)23(4)21-14)12-20-17-10-11-24(19(17)25)13-15-8-6-5-7-9-15/h5-9,17,20H,10-13H2,1-4H3/t17-/m1/s1. The van der Waals surface area contributed by atoms with E-state index < -0.39 is 0 Å². The second-order valence-electron chi connectivity index (χ2n) is 6.87. The van der Waals surface area contributed by atoms with Crippen LogP contribution in [0.1, 0.15) is 23.2 Å². The van der Waals surface area contributed by atoms with E-state index in [4.69, 9.17) is 0 Å². The number of likely N-dealkylation sites (tertiary alicyclic amines) is 1. The summed E-state index contributed by atoms with van der Waals surface area (Å²) in [6.45, 7) is 4.16. The molecule has 3 rings (SSSR count). The van der Waals surface area contributed by atoms with Crippen LogP contribution in [0.25, 0.3) is 0 Å². The number of hydrogen-bond acceptors (Lipinski definition) is 4. The van der Waals surface area contributed by atoms with Gasteiger partial charge in [-0.05, 0) is 18.9 Å². The van der Waals surface area contributed by atoms with Gasteiger partial charge in [0.15, 0.2) is 0 Å². The fourth-order valence-corrected chi connectivity index (χ4v) is 3.57. The van der Waals surface area contributed by atoms with Crippen LogP contribution in [0, 0.1) is 6.92 Å². The van der Waals surface area contributed by atoms with Gasteiger partial charge in [0.05, 0.1) is 11.7 Å². The molecule has 2 aromatic rings. The first-order chi connectivity index (χ1) is 12.0. The lowest BCUT2D eigenvalue weighted by molar-refractivity contribution is -0.129. The van der Waals surface area contributed by atoms with Gasteiger partial charge in [0.25, 0.3) is 0 Å². The summed E-state index contributed by atoms with van der Waals surface area (Å²) in [7, 11) is 5.98. The third-order valence-electron chi connectivity index (χ3n) is 4.78. The largest absolute Gasteiger partial charge is 0.363 e. The number of aryl methyl sites for hydroxylation is 2. The van der Waals surface area contributed by atoms with Crippen LogP contribution in [0.2, 0.25) is 0 Å². The molecule has 0 unspecified atom stereocenters. The van der Waals surface area contributed by atoms with Crippen LogP contribution in [0.5, 0.6) is 0 Å². The molecule has 0 aliphatic carbocycles. The SMILES string of the molecule is Cc1nn(C)c(N(C)C)c1CN[C@@H]1CCN(Cc2ccccc2)C1=O. The van der Waals surface area contributed by atoms with Gasteiger partial charge in [-0.1, -0.05) is 30.3 Å². The number of aromatic nitrogens is 2. The van der Waals surface area contributed by atoms with E-state index in [1.807, 2.05) is 55.8 Å². The zero-order valence-corrected chi connectivity index (χ0v) is 15.5. The topological polar surface area (TPSA) is 53.4 Å². The molecule has 0 spiro atoms. The summed E-state index contributed by atoms with van der Waals surface area (Å²) in [5.41, 5.74) is 3.33. The van der Waals surface area contributed by atoms with E-state index in [2.05, 4.69) is 27.4 Å². The maximum Gasteiger partial charge on any atom is 0.240 e. The van der Waals surface area contributed by atoms with Crippen molar-refractivity contribution in [1.29, 1.82) is 0 Å². The molecule has 6 nitrogen and oxygen atoms in total.